The summed E-state index contributed by atoms with van der Waals surface area (Å²) in [5.41, 5.74) is 0.664. The molecule has 2 aliphatic rings. The maximum absolute atomic E-state index is 12.9. The second kappa shape index (κ2) is 5.21. The molecule has 0 radical (unpaired) electrons. The first kappa shape index (κ1) is 13.6. The maximum atomic E-state index is 12.9. The van der Waals surface area contributed by atoms with Gasteiger partial charge in [-0.1, -0.05) is 30.3 Å². The number of nitrogens with zero attached hydrogens (tertiary/aromatic N) is 1. The average Bonchev–Trinajstić information content (AvgIpc) is 2.78. The van der Waals surface area contributed by atoms with E-state index in [0.29, 0.717) is 12.1 Å². The lowest BCUT2D eigenvalue weighted by Gasteiger charge is -2.33. The van der Waals surface area contributed by atoms with Crippen molar-refractivity contribution >= 4 is 5.91 Å². The number of benzene rings is 1. The van der Waals surface area contributed by atoms with Crippen LogP contribution in [0, 0.1) is 0 Å². The van der Waals surface area contributed by atoms with E-state index in [-0.39, 0.29) is 5.91 Å². The molecule has 20 heavy (non-hydrogen) atoms. The predicted octanol–water partition coefficient (Wildman–Crippen LogP) is 2.32. The zero-order valence-corrected chi connectivity index (χ0v) is 12.4. The zero-order chi connectivity index (χ0) is 14.2. The van der Waals surface area contributed by atoms with Crippen molar-refractivity contribution < 1.29 is 4.79 Å². The van der Waals surface area contributed by atoms with E-state index in [1.54, 1.807) is 0 Å². The molecular weight excluding hydrogens is 248 g/mol. The number of rotatable bonds is 2. The van der Waals surface area contributed by atoms with Crippen molar-refractivity contribution in [1.82, 2.24) is 10.2 Å². The molecule has 3 heteroatoms. The topological polar surface area (TPSA) is 32.3 Å². The van der Waals surface area contributed by atoms with Crippen molar-refractivity contribution in [3.8, 4) is 0 Å². The van der Waals surface area contributed by atoms with Crippen LogP contribution in [0.1, 0.15) is 38.7 Å². The molecule has 0 spiro atoms. The monoisotopic (exact) mass is 272 g/mol. The molecule has 1 aromatic carbocycles. The summed E-state index contributed by atoms with van der Waals surface area (Å²) >= 11 is 0. The molecule has 0 unspecified atom stereocenters. The summed E-state index contributed by atoms with van der Waals surface area (Å²) in [6.07, 6.45) is 3.57. The first-order valence-electron chi connectivity index (χ1n) is 7.68. The van der Waals surface area contributed by atoms with Gasteiger partial charge in [0.05, 0.1) is 5.41 Å². The van der Waals surface area contributed by atoms with Gasteiger partial charge in [0.15, 0.2) is 0 Å². The van der Waals surface area contributed by atoms with Crippen LogP contribution in [0.3, 0.4) is 0 Å². The number of carbonyl (C=O) groups excluding carboxylic acids is 1. The summed E-state index contributed by atoms with van der Waals surface area (Å²) in [5.74, 6) is 0.262. The van der Waals surface area contributed by atoms with Crippen LogP contribution in [0.5, 0.6) is 0 Å². The van der Waals surface area contributed by atoms with Gasteiger partial charge in [0.2, 0.25) is 5.91 Å². The largest absolute Gasteiger partial charge is 0.340 e. The molecule has 3 rings (SSSR count). The molecule has 1 amide bonds. The quantitative estimate of drug-likeness (QED) is 0.896. The van der Waals surface area contributed by atoms with E-state index in [2.05, 4.69) is 22.3 Å². The van der Waals surface area contributed by atoms with Crippen LogP contribution in [0.15, 0.2) is 30.3 Å². The molecule has 2 saturated heterocycles. The Bertz CT molecular complexity index is 483. The van der Waals surface area contributed by atoms with Gasteiger partial charge in [-0.3, -0.25) is 4.79 Å². The highest BCUT2D eigenvalue weighted by Crippen LogP contribution is 2.28. The van der Waals surface area contributed by atoms with Gasteiger partial charge in [0.1, 0.15) is 0 Å². The molecule has 2 fully saturated rings. The van der Waals surface area contributed by atoms with Crippen molar-refractivity contribution in [2.75, 3.05) is 13.1 Å². The first-order valence-corrected chi connectivity index (χ1v) is 7.68. The normalized spacial score (nSPS) is 26.4. The fourth-order valence-corrected chi connectivity index (χ4v) is 3.50. The standard InChI is InChI=1S/C17H24N2O/c1-17(2,13-6-4-3-5-7-13)16(20)19-11-10-14-8-9-15(12-19)18-14/h3-7,14-15,18H,8-12H2,1-2H3/t14-,15+/m1/s1. The van der Waals surface area contributed by atoms with Gasteiger partial charge in [-0.2, -0.15) is 0 Å². The van der Waals surface area contributed by atoms with Crippen LogP contribution >= 0.6 is 0 Å². The van der Waals surface area contributed by atoms with Crippen LogP contribution in [-0.2, 0) is 10.2 Å². The molecule has 2 bridgehead atoms. The fraction of sp³-hybridized carbons (Fsp3) is 0.588. The lowest BCUT2D eigenvalue weighted by Crippen LogP contribution is -2.47. The second-order valence-electron chi connectivity index (χ2n) is 6.67. The van der Waals surface area contributed by atoms with Crippen LogP contribution < -0.4 is 5.32 Å². The van der Waals surface area contributed by atoms with E-state index in [0.717, 1.165) is 25.1 Å². The van der Waals surface area contributed by atoms with E-state index >= 15 is 0 Å². The summed E-state index contributed by atoms with van der Waals surface area (Å²) in [6.45, 7) is 5.84. The Morgan fingerprint density at radius 3 is 2.60 bits per heavy atom. The van der Waals surface area contributed by atoms with E-state index < -0.39 is 5.41 Å². The number of carbonyl (C=O) groups is 1. The van der Waals surface area contributed by atoms with E-state index in [4.69, 9.17) is 0 Å². The Morgan fingerprint density at radius 1 is 1.15 bits per heavy atom. The van der Waals surface area contributed by atoms with Crippen molar-refractivity contribution in [2.45, 2.75) is 50.6 Å². The van der Waals surface area contributed by atoms with E-state index in [9.17, 15) is 4.79 Å². The molecule has 0 aromatic heterocycles. The van der Waals surface area contributed by atoms with Crippen LogP contribution in [0.25, 0.3) is 0 Å². The third-order valence-electron chi connectivity index (χ3n) is 4.84. The third kappa shape index (κ3) is 2.47. The Balaban J connectivity index is 1.78. The average molecular weight is 272 g/mol. The first-order chi connectivity index (χ1) is 9.57. The van der Waals surface area contributed by atoms with Crippen molar-refractivity contribution in [2.24, 2.45) is 0 Å². The molecule has 1 N–H and O–H groups in total. The summed E-state index contributed by atoms with van der Waals surface area (Å²) < 4.78 is 0. The molecular formula is C17H24N2O. The lowest BCUT2D eigenvalue weighted by molar-refractivity contribution is -0.136. The number of amides is 1. The Kier molecular flexibility index (Phi) is 3.55. The Hall–Kier alpha value is -1.35. The number of nitrogens with one attached hydrogen (secondary N) is 1. The molecule has 0 aliphatic carbocycles. The van der Waals surface area contributed by atoms with Crippen molar-refractivity contribution in [1.29, 1.82) is 0 Å². The Labute approximate surface area is 121 Å². The van der Waals surface area contributed by atoms with Crippen molar-refractivity contribution in [3.05, 3.63) is 35.9 Å². The molecule has 2 aliphatic heterocycles. The minimum Gasteiger partial charge on any atom is -0.340 e. The highest BCUT2D eigenvalue weighted by molar-refractivity contribution is 5.87. The number of likely N-dealkylation sites (tertiary alicyclic amines) is 1. The minimum atomic E-state index is -0.440. The van der Waals surface area contributed by atoms with Crippen LogP contribution in [-0.4, -0.2) is 36.0 Å². The highest BCUT2D eigenvalue weighted by atomic mass is 16.2. The third-order valence-corrected chi connectivity index (χ3v) is 4.84. The predicted molar refractivity (Wildman–Crippen MR) is 80.6 cm³/mol. The SMILES string of the molecule is CC(C)(C(=O)N1CC[C@H]2CC[C@@H](C1)N2)c1ccccc1. The van der Waals surface area contributed by atoms with Gasteiger partial charge in [-0.05, 0) is 38.7 Å². The van der Waals surface area contributed by atoms with E-state index in [1.165, 1.54) is 12.8 Å². The van der Waals surface area contributed by atoms with Gasteiger partial charge in [-0.25, -0.2) is 0 Å². The molecule has 108 valence electrons. The van der Waals surface area contributed by atoms with Gasteiger partial charge in [-0.15, -0.1) is 0 Å². The van der Waals surface area contributed by atoms with Crippen LogP contribution in [0.4, 0.5) is 0 Å². The van der Waals surface area contributed by atoms with Crippen LogP contribution in [0.2, 0.25) is 0 Å². The van der Waals surface area contributed by atoms with Gasteiger partial charge in [0.25, 0.3) is 0 Å². The summed E-state index contributed by atoms with van der Waals surface area (Å²) in [6, 6.07) is 11.3. The van der Waals surface area contributed by atoms with E-state index in [1.807, 2.05) is 32.0 Å². The van der Waals surface area contributed by atoms with Gasteiger partial charge < -0.3 is 10.2 Å². The second-order valence-corrected chi connectivity index (χ2v) is 6.67. The number of hydrogen-bond donors (Lipinski definition) is 1. The smallest absolute Gasteiger partial charge is 0.232 e. The summed E-state index contributed by atoms with van der Waals surface area (Å²) in [5, 5.41) is 3.63. The van der Waals surface area contributed by atoms with Gasteiger partial charge >= 0.3 is 0 Å². The fourth-order valence-electron chi connectivity index (χ4n) is 3.50. The molecule has 2 atom stereocenters. The molecule has 2 heterocycles. The highest BCUT2D eigenvalue weighted by Gasteiger charge is 2.37. The lowest BCUT2D eigenvalue weighted by atomic mass is 9.83. The molecule has 1 aromatic rings. The molecule has 3 nitrogen and oxygen atoms in total. The minimum absolute atomic E-state index is 0.262. The number of hydrogen-bond acceptors (Lipinski definition) is 2. The Morgan fingerprint density at radius 2 is 1.85 bits per heavy atom. The maximum Gasteiger partial charge on any atom is 0.232 e. The zero-order valence-electron chi connectivity index (χ0n) is 12.4. The summed E-state index contributed by atoms with van der Waals surface area (Å²) in [7, 11) is 0. The van der Waals surface area contributed by atoms with Crippen molar-refractivity contribution in [3.63, 3.8) is 0 Å². The van der Waals surface area contributed by atoms with Gasteiger partial charge in [0, 0.05) is 25.2 Å². The number of fused-ring (bicyclic) bond motifs is 2. The molecule has 0 saturated carbocycles. The summed E-state index contributed by atoms with van der Waals surface area (Å²) in [4.78, 5) is 15.0.